The lowest BCUT2D eigenvalue weighted by Gasteiger charge is -2.31. The van der Waals surface area contributed by atoms with Crippen molar-refractivity contribution >= 4 is 0 Å². The van der Waals surface area contributed by atoms with Gasteiger partial charge in [0.15, 0.2) is 0 Å². The molecule has 0 radical (unpaired) electrons. The molecule has 1 N–H and O–H groups in total. The van der Waals surface area contributed by atoms with Gasteiger partial charge in [-0.15, -0.1) is 0 Å². The van der Waals surface area contributed by atoms with Gasteiger partial charge in [-0.05, 0) is 30.5 Å². The zero-order valence-corrected chi connectivity index (χ0v) is 10.9. The maximum atomic E-state index is 5.52. The lowest BCUT2D eigenvalue weighted by molar-refractivity contribution is 0.139. The monoisotopic (exact) mass is 246 g/mol. The van der Waals surface area contributed by atoms with Gasteiger partial charge in [0.1, 0.15) is 0 Å². The van der Waals surface area contributed by atoms with Crippen molar-refractivity contribution in [3.05, 3.63) is 35.4 Å². The minimum atomic E-state index is 0.494. The van der Waals surface area contributed by atoms with Gasteiger partial charge in [0, 0.05) is 32.3 Å². The Balaban J connectivity index is 1.69. The summed E-state index contributed by atoms with van der Waals surface area (Å²) in [6, 6.07) is 9.36. The van der Waals surface area contributed by atoms with Gasteiger partial charge in [-0.1, -0.05) is 24.3 Å². The molecule has 0 amide bonds. The second-order valence-corrected chi connectivity index (χ2v) is 5.22. The number of benzene rings is 1. The molecule has 2 aliphatic rings. The highest BCUT2D eigenvalue weighted by atomic mass is 16.5. The van der Waals surface area contributed by atoms with Crippen LogP contribution in [0.25, 0.3) is 0 Å². The number of fused-ring (bicyclic) bond motifs is 1. The number of nitrogens with one attached hydrogen (secondary N) is 1. The number of ether oxygens (including phenoxy) is 1. The maximum absolute atomic E-state index is 5.52. The Morgan fingerprint density at radius 2 is 2.17 bits per heavy atom. The summed E-state index contributed by atoms with van der Waals surface area (Å²) in [5.41, 5.74) is 3.02. The Labute approximate surface area is 109 Å². The molecule has 3 nitrogen and oxygen atoms in total. The topological polar surface area (TPSA) is 24.5 Å². The van der Waals surface area contributed by atoms with Crippen LogP contribution in [0, 0.1) is 0 Å². The first kappa shape index (κ1) is 12.2. The van der Waals surface area contributed by atoms with Crippen LogP contribution < -0.4 is 5.32 Å². The third-order valence-corrected chi connectivity index (χ3v) is 3.97. The van der Waals surface area contributed by atoms with E-state index >= 15 is 0 Å². The van der Waals surface area contributed by atoms with Crippen LogP contribution in [-0.4, -0.2) is 44.3 Å². The lowest BCUT2D eigenvalue weighted by atomic mass is 9.94. The van der Waals surface area contributed by atoms with Crippen molar-refractivity contribution in [3.63, 3.8) is 0 Å². The predicted molar refractivity (Wildman–Crippen MR) is 72.8 cm³/mol. The molecule has 3 heteroatoms. The zero-order chi connectivity index (χ0) is 12.2. The smallest absolute Gasteiger partial charge is 0.0593 e. The quantitative estimate of drug-likeness (QED) is 0.858. The molecule has 0 bridgehead atoms. The SMILES string of the molecule is c1ccc2c(c1)CCNC2CN1CCCOCC1. The Hall–Kier alpha value is -0.900. The van der Waals surface area contributed by atoms with E-state index in [0.29, 0.717) is 6.04 Å². The molecule has 1 atom stereocenters. The van der Waals surface area contributed by atoms with Crippen LogP contribution in [0.4, 0.5) is 0 Å². The van der Waals surface area contributed by atoms with Crippen LogP contribution >= 0.6 is 0 Å². The van der Waals surface area contributed by atoms with Crippen molar-refractivity contribution < 1.29 is 4.74 Å². The number of hydrogen-bond donors (Lipinski definition) is 1. The molecule has 3 rings (SSSR count). The second kappa shape index (κ2) is 5.83. The van der Waals surface area contributed by atoms with Crippen LogP contribution in [-0.2, 0) is 11.2 Å². The van der Waals surface area contributed by atoms with Crippen molar-refractivity contribution in [1.82, 2.24) is 10.2 Å². The van der Waals surface area contributed by atoms with Gasteiger partial charge >= 0.3 is 0 Å². The van der Waals surface area contributed by atoms with Crippen molar-refractivity contribution in [2.24, 2.45) is 0 Å². The molecule has 0 spiro atoms. The number of nitrogens with zero attached hydrogens (tertiary/aromatic N) is 1. The third kappa shape index (κ3) is 2.74. The summed E-state index contributed by atoms with van der Waals surface area (Å²) in [7, 11) is 0. The molecule has 1 saturated heterocycles. The minimum Gasteiger partial charge on any atom is -0.380 e. The van der Waals surface area contributed by atoms with E-state index in [4.69, 9.17) is 4.74 Å². The second-order valence-electron chi connectivity index (χ2n) is 5.22. The summed E-state index contributed by atoms with van der Waals surface area (Å²) >= 11 is 0. The van der Waals surface area contributed by atoms with Crippen LogP contribution in [0.1, 0.15) is 23.6 Å². The average molecular weight is 246 g/mol. The molecular weight excluding hydrogens is 224 g/mol. The van der Waals surface area contributed by atoms with Crippen LogP contribution in [0.5, 0.6) is 0 Å². The molecule has 98 valence electrons. The highest BCUT2D eigenvalue weighted by molar-refractivity contribution is 5.32. The summed E-state index contributed by atoms with van der Waals surface area (Å²) in [4.78, 5) is 2.53. The van der Waals surface area contributed by atoms with E-state index in [1.807, 2.05) is 0 Å². The van der Waals surface area contributed by atoms with E-state index in [0.717, 1.165) is 45.7 Å². The fraction of sp³-hybridized carbons (Fsp3) is 0.600. The highest BCUT2D eigenvalue weighted by Gasteiger charge is 2.22. The Morgan fingerprint density at radius 1 is 1.22 bits per heavy atom. The van der Waals surface area contributed by atoms with Gasteiger partial charge < -0.3 is 10.1 Å². The van der Waals surface area contributed by atoms with Gasteiger partial charge in [-0.2, -0.15) is 0 Å². The normalized spacial score (nSPS) is 25.4. The zero-order valence-electron chi connectivity index (χ0n) is 10.9. The number of rotatable bonds is 2. The summed E-state index contributed by atoms with van der Waals surface area (Å²) in [5, 5.41) is 3.66. The molecule has 0 aromatic heterocycles. The van der Waals surface area contributed by atoms with E-state index in [9.17, 15) is 0 Å². The predicted octanol–water partition coefficient (Wildman–Crippen LogP) is 1.60. The summed E-state index contributed by atoms with van der Waals surface area (Å²) in [6.45, 7) is 6.26. The molecule has 0 aliphatic carbocycles. The van der Waals surface area contributed by atoms with Crippen molar-refractivity contribution in [2.75, 3.05) is 39.4 Å². The van der Waals surface area contributed by atoms with Gasteiger partial charge in [0.05, 0.1) is 6.61 Å². The van der Waals surface area contributed by atoms with Crippen LogP contribution in [0.15, 0.2) is 24.3 Å². The molecular formula is C15H22N2O. The molecule has 18 heavy (non-hydrogen) atoms. The summed E-state index contributed by atoms with van der Waals surface area (Å²) in [6.07, 6.45) is 2.32. The Bertz CT molecular complexity index is 386. The molecule has 1 aromatic rings. The molecule has 1 fully saturated rings. The van der Waals surface area contributed by atoms with Crippen LogP contribution in [0.3, 0.4) is 0 Å². The number of hydrogen-bond acceptors (Lipinski definition) is 3. The third-order valence-electron chi connectivity index (χ3n) is 3.97. The van der Waals surface area contributed by atoms with E-state index in [2.05, 4.69) is 34.5 Å². The van der Waals surface area contributed by atoms with Gasteiger partial charge in [-0.3, -0.25) is 4.90 Å². The summed E-state index contributed by atoms with van der Waals surface area (Å²) < 4.78 is 5.52. The average Bonchev–Trinajstić information content (AvgIpc) is 2.68. The molecule has 0 saturated carbocycles. The van der Waals surface area contributed by atoms with Crippen LogP contribution in [0.2, 0.25) is 0 Å². The highest BCUT2D eigenvalue weighted by Crippen LogP contribution is 2.23. The van der Waals surface area contributed by atoms with Crippen molar-refractivity contribution in [2.45, 2.75) is 18.9 Å². The van der Waals surface area contributed by atoms with E-state index < -0.39 is 0 Å². The molecule has 1 aromatic carbocycles. The van der Waals surface area contributed by atoms with E-state index in [1.54, 1.807) is 0 Å². The lowest BCUT2D eigenvalue weighted by Crippen LogP contribution is -2.40. The van der Waals surface area contributed by atoms with Gasteiger partial charge in [-0.25, -0.2) is 0 Å². The first-order valence-corrected chi connectivity index (χ1v) is 7.05. The Morgan fingerprint density at radius 3 is 3.17 bits per heavy atom. The molecule has 2 heterocycles. The first-order chi connectivity index (χ1) is 8.93. The minimum absolute atomic E-state index is 0.494. The fourth-order valence-electron chi connectivity index (χ4n) is 2.99. The van der Waals surface area contributed by atoms with E-state index in [1.165, 1.54) is 17.7 Å². The summed E-state index contributed by atoms with van der Waals surface area (Å²) in [5.74, 6) is 0. The standard InChI is InChI=1S/C15H22N2O/c1-2-5-14-13(4-1)6-7-16-15(14)12-17-8-3-10-18-11-9-17/h1-2,4-5,15-16H,3,6-12H2. The van der Waals surface area contributed by atoms with E-state index in [-0.39, 0.29) is 0 Å². The van der Waals surface area contributed by atoms with Gasteiger partial charge in [0.25, 0.3) is 0 Å². The fourth-order valence-corrected chi connectivity index (χ4v) is 2.99. The maximum Gasteiger partial charge on any atom is 0.0593 e. The largest absolute Gasteiger partial charge is 0.380 e. The van der Waals surface area contributed by atoms with Crippen molar-refractivity contribution in [3.8, 4) is 0 Å². The van der Waals surface area contributed by atoms with Crippen molar-refractivity contribution in [1.29, 1.82) is 0 Å². The first-order valence-electron chi connectivity index (χ1n) is 7.05. The Kier molecular flexibility index (Phi) is 3.93. The molecule has 1 unspecified atom stereocenters. The molecule has 2 aliphatic heterocycles. The van der Waals surface area contributed by atoms with Gasteiger partial charge in [0.2, 0.25) is 0 Å².